The van der Waals surface area contributed by atoms with E-state index in [1.54, 1.807) is 0 Å². The Morgan fingerprint density at radius 2 is 2.32 bits per heavy atom. The molecule has 0 bridgehead atoms. The molecule has 1 aromatic heterocycles. The molecule has 3 heteroatoms. The van der Waals surface area contributed by atoms with E-state index >= 15 is 0 Å². The molecule has 0 saturated heterocycles. The van der Waals surface area contributed by atoms with E-state index in [9.17, 15) is 0 Å². The van der Waals surface area contributed by atoms with Gasteiger partial charge < -0.3 is 10.1 Å². The Kier molecular flexibility index (Phi) is 5.20. The van der Waals surface area contributed by atoms with Gasteiger partial charge in [-0.15, -0.1) is 0 Å². The Morgan fingerprint density at radius 1 is 1.47 bits per heavy atom. The quantitative estimate of drug-likeness (QED) is 0.878. The van der Waals surface area contributed by atoms with Crippen LogP contribution in [-0.4, -0.2) is 18.1 Å². The van der Waals surface area contributed by atoms with Gasteiger partial charge in [0.05, 0.1) is 0 Å². The molecule has 19 heavy (non-hydrogen) atoms. The molecule has 1 aliphatic rings. The van der Waals surface area contributed by atoms with Crippen LogP contribution in [0.4, 0.5) is 0 Å². The summed E-state index contributed by atoms with van der Waals surface area (Å²) in [6.07, 6.45) is 8.42. The van der Waals surface area contributed by atoms with Gasteiger partial charge in [0.1, 0.15) is 6.10 Å². The van der Waals surface area contributed by atoms with Crippen molar-refractivity contribution in [3.63, 3.8) is 0 Å². The molecular formula is C16H26N2O. The molecule has 0 aliphatic heterocycles. The Hall–Kier alpha value is -1.09. The van der Waals surface area contributed by atoms with Crippen LogP contribution in [-0.2, 0) is 0 Å². The fraction of sp³-hybridized carbons (Fsp3) is 0.688. The van der Waals surface area contributed by atoms with Gasteiger partial charge in [-0.2, -0.15) is 0 Å². The standard InChI is InChI=1S/C16H26N2O/c1-4-13-7-5-8-14(11-13)19-16-15(12(2)17-3)9-6-10-18-16/h6,9-10,12-14,17H,4-5,7-8,11H2,1-3H3. The van der Waals surface area contributed by atoms with Gasteiger partial charge in [0, 0.05) is 17.8 Å². The Labute approximate surface area is 116 Å². The molecule has 3 unspecified atom stereocenters. The van der Waals surface area contributed by atoms with E-state index in [-0.39, 0.29) is 6.04 Å². The molecule has 1 aromatic rings. The van der Waals surface area contributed by atoms with Crippen molar-refractivity contribution in [3.05, 3.63) is 23.9 Å². The molecule has 3 nitrogen and oxygen atoms in total. The first-order valence-electron chi connectivity index (χ1n) is 7.53. The van der Waals surface area contributed by atoms with Gasteiger partial charge in [-0.25, -0.2) is 4.98 Å². The number of nitrogens with zero attached hydrogens (tertiary/aromatic N) is 1. The lowest BCUT2D eigenvalue weighted by atomic mass is 9.85. The number of hydrogen-bond donors (Lipinski definition) is 1. The smallest absolute Gasteiger partial charge is 0.218 e. The molecule has 1 heterocycles. The summed E-state index contributed by atoms with van der Waals surface area (Å²) in [5.74, 6) is 1.64. The fourth-order valence-corrected chi connectivity index (χ4v) is 2.86. The first-order valence-corrected chi connectivity index (χ1v) is 7.53. The molecule has 0 spiro atoms. The maximum absolute atomic E-state index is 6.19. The minimum absolute atomic E-state index is 0.272. The summed E-state index contributed by atoms with van der Waals surface area (Å²) in [6.45, 7) is 4.42. The number of pyridine rings is 1. The maximum atomic E-state index is 6.19. The molecule has 1 saturated carbocycles. The van der Waals surface area contributed by atoms with Crippen LogP contribution in [0.3, 0.4) is 0 Å². The number of rotatable bonds is 5. The second-order valence-electron chi connectivity index (χ2n) is 5.59. The molecule has 1 N–H and O–H groups in total. The van der Waals surface area contributed by atoms with E-state index in [1.807, 2.05) is 19.3 Å². The van der Waals surface area contributed by atoms with Crippen LogP contribution in [0.2, 0.25) is 0 Å². The third-order valence-electron chi connectivity index (χ3n) is 4.29. The molecule has 1 aliphatic carbocycles. The normalized spacial score (nSPS) is 25.0. The Bertz CT molecular complexity index is 394. The molecule has 2 rings (SSSR count). The topological polar surface area (TPSA) is 34.1 Å². The van der Waals surface area contributed by atoms with E-state index in [1.165, 1.54) is 32.1 Å². The zero-order chi connectivity index (χ0) is 13.7. The summed E-state index contributed by atoms with van der Waals surface area (Å²) in [5.41, 5.74) is 1.16. The van der Waals surface area contributed by atoms with Crippen molar-refractivity contribution in [1.29, 1.82) is 0 Å². The van der Waals surface area contributed by atoms with Crippen molar-refractivity contribution >= 4 is 0 Å². The summed E-state index contributed by atoms with van der Waals surface area (Å²) in [7, 11) is 1.97. The zero-order valence-electron chi connectivity index (χ0n) is 12.4. The third kappa shape index (κ3) is 3.69. The lowest BCUT2D eigenvalue weighted by Gasteiger charge is -2.29. The molecule has 0 radical (unpaired) electrons. The number of nitrogens with one attached hydrogen (secondary N) is 1. The SMILES string of the molecule is CCC1CCCC(Oc2ncccc2C(C)NC)C1. The van der Waals surface area contributed by atoms with Gasteiger partial charge in [-0.3, -0.25) is 0 Å². The van der Waals surface area contributed by atoms with Crippen molar-refractivity contribution in [2.75, 3.05) is 7.05 Å². The van der Waals surface area contributed by atoms with Gasteiger partial charge in [-0.1, -0.05) is 25.8 Å². The first kappa shape index (κ1) is 14.3. The van der Waals surface area contributed by atoms with Crippen LogP contribution in [0, 0.1) is 5.92 Å². The van der Waals surface area contributed by atoms with E-state index < -0.39 is 0 Å². The van der Waals surface area contributed by atoms with Crippen LogP contribution < -0.4 is 10.1 Å². The summed E-state index contributed by atoms with van der Waals surface area (Å²) >= 11 is 0. The average molecular weight is 262 g/mol. The van der Waals surface area contributed by atoms with Crippen LogP contribution in [0.25, 0.3) is 0 Å². The lowest BCUT2D eigenvalue weighted by molar-refractivity contribution is 0.115. The highest BCUT2D eigenvalue weighted by Gasteiger charge is 2.23. The molecule has 106 valence electrons. The van der Waals surface area contributed by atoms with E-state index in [2.05, 4.69) is 30.2 Å². The van der Waals surface area contributed by atoms with Crippen LogP contribution in [0.15, 0.2) is 18.3 Å². The fourth-order valence-electron chi connectivity index (χ4n) is 2.86. The monoisotopic (exact) mass is 262 g/mol. The molecule has 0 aromatic carbocycles. The van der Waals surface area contributed by atoms with E-state index in [0.29, 0.717) is 6.10 Å². The predicted octanol–water partition coefficient (Wildman–Crippen LogP) is 3.71. The van der Waals surface area contributed by atoms with Crippen molar-refractivity contribution in [2.24, 2.45) is 5.92 Å². The Balaban J connectivity index is 2.06. The highest BCUT2D eigenvalue weighted by atomic mass is 16.5. The minimum atomic E-state index is 0.272. The summed E-state index contributed by atoms with van der Waals surface area (Å²) < 4.78 is 6.19. The first-order chi connectivity index (χ1) is 9.24. The van der Waals surface area contributed by atoms with Gasteiger partial charge in [-0.05, 0) is 45.2 Å². The van der Waals surface area contributed by atoms with Gasteiger partial charge in [0.15, 0.2) is 0 Å². The third-order valence-corrected chi connectivity index (χ3v) is 4.29. The van der Waals surface area contributed by atoms with Crippen molar-refractivity contribution in [1.82, 2.24) is 10.3 Å². The summed E-state index contributed by atoms with van der Waals surface area (Å²) in [4.78, 5) is 4.43. The molecular weight excluding hydrogens is 236 g/mol. The largest absolute Gasteiger partial charge is 0.474 e. The van der Waals surface area contributed by atoms with Gasteiger partial charge >= 0.3 is 0 Å². The van der Waals surface area contributed by atoms with Crippen molar-refractivity contribution < 1.29 is 4.74 Å². The second kappa shape index (κ2) is 6.90. The molecule has 0 amide bonds. The van der Waals surface area contributed by atoms with E-state index in [4.69, 9.17) is 4.74 Å². The number of aromatic nitrogens is 1. The molecule has 1 fully saturated rings. The average Bonchev–Trinajstić information content (AvgIpc) is 2.47. The minimum Gasteiger partial charge on any atom is -0.474 e. The molecule has 3 atom stereocenters. The maximum Gasteiger partial charge on any atom is 0.218 e. The predicted molar refractivity (Wildman–Crippen MR) is 78.4 cm³/mol. The zero-order valence-corrected chi connectivity index (χ0v) is 12.4. The second-order valence-corrected chi connectivity index (χ2v) is 5.59. The van der Waals surface area contributed by atoms with Gasteiger partial charge in [0.2, 0.25) is 5.88 Å². The highest BCUT2D eigenvalue weighted by Crippen LogP contribution is 2.31. The summed E-state index contributed by atoms with van der Waals surface area (Å²) in [6, 6.07) is 4.35. The van der Waals surface area contributed by atoms with Gasteiger partial charge in [0.25, 0.3) is 0 Å². The Morgan fingerprint density at radius 3 is 3.05 bits per heavy atom. The lowest BCUT2D eigenvalue weighted by Crippen LogP contribution is -2.26. The number of ether oxygens (including phenoxy) is 1. The van der Waals surface area contributed by atoms with Crippen molar-refractivity contribution in [2.45, 2.75) is 58.1 Å². The van der Waals surface area contributed by atoms with Crippen molar-refractivity contribution in [3.8, 4) is 5.88 Å². The van der Waals surface area contributed by atoms with Crippen LogP contribution in [0.5, 0.6) is 5.88 Å². The van der Waals surface area contributed by atoms with Crippen LogP contribution >= 0.6 is 0 Å². The highest BCUT2D eigenvalue weighted by molar-refractivity contribution is 5.28. The van der Waals surface area contributed by atoms with Crippen LogP contribution in [0.1, 0.15) is 57.6 Å². The van der Waals surface area contributed by atoms with E-state index in [0.717, 1.165) is 17.4 Å². The summed E-state index contributed by atoms with van der Waals surface area (Å²) in [5, 5.41) is 3.26. The number of hydrogen-bond acceptors (Lipinski definition) is 3.